The molecule has 0 aromatic rings. The summed E-state index contributed by atoms with van der Waals surface area (Å²) in [5.74, 6) is 1.63. The van der Waals surface area contributed by atoms with Crippen LogP contribution in [0.15, 0.2) is 12.2 Å². The lowest BCUT2D eigenvalue weighted by molar-refractivity contribution is -0.116. The minimum atomic E-state index is 0.332. The molecular weight excluding hydrogens is 172 g/mol. The first-order valence-corrected chi connectivity index (χ1v) is 5.99. The molecule has 1 nitrogen and oxygen atoms in total. The summed E-state index contributed by atoms with van der Waals surface area (Å²) in [6, 6.07) is 0. The number of hydrogen-bond acceptors (Lipinski definition) is 1. The van der Waals surface area contributed by atoms with Crippen LogP contribution in [0.3, 0.4) is 0 Å². The summed E-state index contributed by atoms with van der Waals surface area (Å²) < 4.78 is 0. The molecule has 0 amide bonds. The highest BCUT2D eigenvalue weighted by Gasteiger charge is 2.23. The molecule has 0 saturated carbocycles. The van der Waals surface area contributed by atoms with Crippen molar-refractivity contribution in [2.75, 3.05) is 0 Å². The normalized spacial score (nSPS) is 26.9. The molecule has 2 atom stereocenters. The molecule has 14 heavy (non-hydrogen) atoms. The lowest BCUT2D eigenvalue weighted by Gasteiger charge is -2.26. The predicted molar refractivity (Wildman–Crippen MR) is 60.2 cm³/mol. The van der Waals surface area contributed by atoms with E-state index < -0.39 is 0 Å². The average molecular weight is 194 g/mol. The van der Waals surface area contributed by atoms with Crippen molar-refractivity contribution < 1.29 is 4.79 Å². The maximum Gasteiger partial charge on any atom is 0.155 e. The Morgan fingerprint density at radius 3 is 2.71 bits per heavy atom. The van der Waals surface area contributed by atoms with E-state index in [0.717, 1.165) is 6.42 Å². The Morgan fingerprint density at radius 2 is 2.07 bits per heavy atom. The van der Waals surface area contributed by atoms with Crippen molar-refractivity contribution in [1.82, 2.24) is 0 Å². The smallest absolute Gasteiger partial charge is 0.155 e. The third-order valence-corrected chi connectivity index (χ3v) is 3.15. The van der Waals surface area contributed by atoms with Gasteiger partial charge < -0.3 is 0 Å². The van der Waals surface area contributed by atoms with E-state index in [0.29, 0.717) is 17.6 Å². The number of rotatable bonds is 5. The average Bonchev–Trinajstić information content (AvgIpc) is 2.18. The lowest BCUT2D eigenvalue weighted by Crippen LogP contribution is -2.20. The predicted octanol–water partition coefficient (Wildman–Crippen LogP) is 3.74. The maximum atomic E-state index is 11.3. The van der Waals surface area contributed by atoms with Crippen LogP contribution in [0.1, 0.15) is 52.4 Å². The number of hydrogen-bond donors (Lipinski definition) is 0. The monoisotopic (exact) mass is 194 g/mol. The van der Waals surface area contributed by atoms with E-state index in [-0.39, 0.29) is 0 Å². The summed E-state index contributed by atoms with van der Waals surface area (Å²) in [4.78, 5) is 11.3. The molecule has 0 heterocycles. The summed E-state index contributed by atoms with van der Waals surface area (Å²) in [6.45, 7) is 4.44. The Bertz CT molecular complexity index is 205. The van der Waals surface area contributed by atoms with E-state index in [1.807, 2.05) is 0 Å². The highest BCUT2D eigenvalue weighted by molar-refractivity contribution is 5.90. The minimum absolute atomic E-state index is 0.332. The number of allylic oxidation sites excluding steroid dienone is 2. The molecule has 0 aromatic carbocycles. The Labute approximate surface area is 87.6 Å². The van der Waals surface area contributed by atoms with E-state index in [2.05, 4.69) is 19.9 Å². The molecule has 0 saturated heterocycles. The lowest BCUT2D eigenvalue weighted by atomic mass is 9.78. The van der Waals surface area contributed by atoms with Crippen LogP contribution in [0.25, 0.3) is 0 Å². The van der Waals surface area contributed by atoms with Crippen LogP contribution in [0.4, 0.5) is 0 Å². The standard InChI is InChI=1S/C13H22O/c1-3-5-7-12-10-13(14)9-8-11(12)6-4-2/h8-9,11-12H,3-7,10H2,1-2H3/t11-,12-/m0/s1. The van der Waals surface area contributed by atoms with Crippen molar-refractivity contribution in [2.24, 2.45) is 11.8 Å². The van der Waals surface area contributed by atoms with Crippen LogP contribution < -0.4 is 0 Å². The fourth-order valence-corrected chi connectivity index (χ4v) is 2.31. The number of carbonyl (C=O) groups is 1. The molecule has 0 spiro atoms. The molecule has 0 N–H and O–H groups in total. The van der Waals surface area contributed by atoms with Gasteiger partial charge in [-0.2, -0.15) is 0 Å². The highest BCUT2D eigenvalue weighted by Crippen LogP contribution is 2.30. The Morgan fingerprint density at radius 1 is 1.29 bits per heavy atom. The van der Waals surface area contributed by atoms with Crippen molar-refractivity contribution in [3.63, 3.8) is 0 Å². The van der Waals surface area contributed by atoms with Gasteiger partial charge in [-0.1, -0.05) is 39.2 Å². The quantitative estimate of drug-likeness (QED) is 0.651. The second kappa shape index (κ2) is 6.00. The molecule has 0 radical (unpaired) electrons. The number of unbranched alkanes of at least 4 members (excludes halogenated alkanes) is 1. The zero-order valence-corrected chi connectivity index (χ0v) is 9.46. The molecule has 1 heteroatoms. The van der Waals surface area contributed by atoms with Crippen LogP contribution in [0.5, 0.6) is 0 Å². The molecule has 1 rings (SSSR count). The fraction of sp³-hybridized carbons (Fsp3) is 0.769. The molecule has 0 aliphatic heterocycles. The Hall–Kier alpha value is -0.590. The largest absolute Gasteiger partial charge is 0.295 e. The summed E-state index contributed by atoms with van der Waals surface area (Å²) in [6.07, 6.45) is 11.0. The minimum Gasteiger partial charge on any atom is -0.295 e. The van der Waals surface area contributed by atoms with Gasteiger partial charge in [0.25, 0.3) is 0 Å². The van der Waals surface area contributed by atoms with Crippen LogP contribution in [0.2, 0.25) is 0 Å². The van der Waals surface area contributed by atoms with Crippen LogP contribution in [-0.4, -0.2) is 5.78 Å². The molecule has 80 valence electrons. The van der Waals surface area contributed by atoms with E-state index >= 15 is 0 Å². The highest BCUT2D eigenvalue weighted by atomic mass is 16.1. The van der Waals surface area contributed by atoms with Gasteiger partial charge in [0, 0.05) is 6.42 Å². The zero-order chi connectivity index (χ0) is 10.4. The molecule has 0 fully saturated rings. The van der Waals surface area contributed by atoms with Crippen LogP contribution in [-0.2, 0) is 4.79 Å². The fourth-order valence-electron chi connectivity index (χ4n) is 2.31. The van der Waals surface area contributed by atoms with Gasteiger partial charge >= 0.3 is 0 Å². The third-order valence-electron chi connectivity index (χ3n) is 3.15. The van der Waals surface area contributed by atoms with Gasteiger partial charge in [0.05, 0.1) is 0 Å². The van der Waals surface area contributed by atoms with E-state index in [4.69, 9.17) is 0 Å². The van der Waals surface area contributed by atoms with Gasteiger partial charge in [-0.15, -0.1) is 0 Å². The first-order valence-electron chi connectivity index (χ1n) is 5.99. The molecule has 1 aliphatic rings. The molecule has 0 unspecified atom stereocenters. The van der Waals surface area contributed by atoms with Gasteiger partial charge in [0.15, 0.2) is 5.78 Å². The summed E-state index contributed by atoms with van der Waals surface area (Å²) in [7, 11) is 0. The number of carbonyl (C=O) groups excluding carboxylic acids is 1. The van der Waals surface area contributed by atoms with Crippen molar-refractivity contribution in [3.05, 3.63) is 12.2 Å². The summed E-state index contributed by atoms with van der Waals surface area (Å²) >= 11 is 0. The van der Waals surface area contributed by atoms with Crippen molar-refractivity contribution in [1.29, 1.82) is 0 Å². The molecule has 0 bridgehead atoms. The zero-order valence-electron chi connectivity index (χ0n) is 9.46. The first-order chi connectivity index (χ1) is 6.77. The van der Waals surface area contributed by atoms with Crippen molar-refractivity contribution in [3.8, 4) is 0 Å². The van der Waals surface area contributed by atoms with E-state index in [1.54, 1.807) is 6.08 Å². The Kier molecular flexibility index (Phi) is 4.92. The molecular formula is C13H22O. The second-order valence-corrected chi connectivity index (χ2v) is 4.38. The molecule has 1 aliphatic carbocycles. The van der Waals surface area contributed by atoms with Gasteiger partial charge in [0.1, 0.15) is 0 Å². The summed E-state index contributed by atoms with van der Waals surface area (Å²) in [5.41, 5.74) is 0. The third kappa shape index (κ3) is 3.28. The SMILES string of the molecule is CCCC[C@H]1CC(=O)C=C[C@@H]1CCC. The van der Waals surface area contributed by atoms with Crippen molar-refractivity contribution in [2.45, 2.75) is 52.4 Å². The van der Waals surface area contributed by atoms with E-state index in [9.17, 15) is 4.79 Å². The Balaban J connectivity index is 2.50. The second-order valence-electron chi connectivity index (χ2n) is 4.38. The maximum absolute atomic E-state index is 11.3. The number of ketones is 1. The van der Waals surface area contributed by atoms with Gasteiger partial charge in [-0.05, 0) is 30.8 Å². The first kappa shape index (κ1) is 11.5. The van der Waals surface area contributed by atoms with Gasteiger partial charge in [0.2, 0.25) is 0 Å². The topological polar surface area (TPSA) is 17.1 Å². The van der Waals surface area contributed by atoms with Crippen molar-refractivity contribution >= 4 is 5.78 Å². The van der Waals surface area contributed by atoms with E-state index in [1.165, 1.54) is 32.1 Å². The van der Waals surface area contributed by atoms with Crippen LogP contribution >= 0.6 is 0 Å². The van der Waals surface area contributed by atoms with Gasteiger partial charge in [-0.3, -0.25) is 4.79 Å². The molecule has 0 aromatic heterocycles. The summed E-state index contributed by atoms with van der Waals surface area (Å²) in [5, 5.41) is 0. The van der Waals surface area contributed by atoms with Gasteiger partial charge in [-0.25, -0.2) is 0 Å². The van der Waals surface area contributed by atoms with Crippen LogP contribution in [0, 0.1) is 11.8 Å².